The van der Waals surface area contributed by atoms with Crippen LogP contribution in [0.25, 0.3) is 0 Å². The number of carbonyl (C=O) groups excluding carboxylic acids is 1. The van der Waals surface area contributed by atoms with Gasteiger partial charge in [-0.1, -0.05) is 11.8 Å². The first-order chi connectivity index (χ1) is 7.13. The van der Waals surface area contributed by atoms with Gasteiger partial charge in [0.1, 0.15) is 0 Å². The molecular formula is C12H13NO2. The summed E-state index contributed by atoms with van der Waals surface area (Å²) >= 11 is 0. The van der Waals surface area contributed by atoms with Gasteiger partial charge in [0.15, 0.2) is 0 Å². The normalized spacial score (nSPS) is 11.1. The molecule has 0 heterocycles. The second-order valence-electron chi connectivity index (χ2n) is 3.13. The molecule has 0 aliphatic rings. The van der Waals surface area contributed by atoms with E-state index >= 15 is 0 Å². The Hall–Kier alpha value is -1.79. The number of nitrogens with two attached hydrogens (primary N) is 1. The molecule has 0 spiro atoms. The largest absolute Gasteiger partial charge is 0.465 e. The lowest BCUT2D eigenvalue weighted by Crippen LogP contribution is -2.10. The Balaban J connectivity index is 2.83. The number of rotatable bonds is 1. The number of carbonyl (C=O) groups is 1. The Morgan fingerprint density at radius 1 is 1.40 bits per heavy atom. The van der Waals surface area contributed by atoms with Gasteiger partial charge in [0.25, 0.3) is 0 Å². The fourth-order valence-corrected chi connectivity index (χ4v) is 1.00. The third kappa shape index (κ3) is 3.45. The van der Waals surface area contributed by atoms with E-state index in [4.69, 9.17) is 5.73 Å². The quantitative estimate of drug-likeness (QED) is 0.550. The van der Waals surface area contributed by atoms with Crippen molar-refractivity contribution in [1.82, 2.24) is 0 Å². The average molecular weight is 203 g/mol. The maximum atomic E-state index is 11.1. The number of methoxy groups -OCH3 is 1. The molecule has 15 heavy (non-hydrogen) atoms. The molecule has 1 aromatic rings. The van der Waals surface area contributed by atoms with Crippen molar-refractivity contribution in [1.29, 1.82) is 0 Å². The molecule has 0 bridgehead atoms. The van der Waals surface area contributed by atoms with Crippen molar-refractivity contribution in [2.24, 2.45) is 5.73 Å². The van der Waals surface area contributed by atoms with E-state index in [0.29, 0.717) is 5.56 Å². The van der Waals surface area contributed by atoms with Crippen LogP contribution in [0.2, 0.25) is 0 Å². The molecule has 3 nitrogen and oxygen atoms in total. The summed E-state index contributed by atoms with van der Waals surface area (Å²) in [5.74, 6) is 5.39. The van der Waals surface area contributed by atoms with Gasteiger partial charge in [-0.15, -0.1) is 0 Å². The van der Waals surface area contributed by atoms with E-state index in [1.54, 1.807) is 24.3 Å². The van der Waals surface area contributed by atoms with Crippen molar-refractivity contribution >= 4 is 5.97 Å². The third-order valence-corrected chi connectivity index (χ3v) is 1.75. The van der Waals surface area contributed by atoms with Crippen molar-refractivity contribution in [2.45, 2.75) is 13.0 Å². The molecule has 1 rings (SSSR count). The highest BCUT2D eigenvalue weighted by Gasteiger charge is 2.02. The zero-order valence-electron chi connectivity index (χ0n) is 8.78. The van der Waals surface area contributed by atoms with Crippen molar-refractivity contribution in [3.63, 3.8) is 0 Å². The van der Waals surface area contributed by atoms with E-state index < -0.39 is 0 Å². The second-order valence-corrected chi connectivity index (χ2v) is 3.13. The summed E-state index contributed by atoms with van der Waals surface area (Å²) in [5.41, 5.74) is 6.84. The SMILES string of the molecule is COC(=O)c1ccc(C#CC(C)N)cc1. The smallest absolute Gasteiger partial charge is 0.337 e. The first kappa shape index (κ1) is 11.3. The maximum Gasteiger partial charge on any atom is 0.337 e. The predicted molar refractivity (Wildman–Crippen MR) is 58.3 cm³/mol. The van der Waals surface area contributed by atoms with Crippen LogP contribution in [-0.4, -0.2) is 19.1 Å². The van der Waals surface area contributed by atoms with E-state index in [9.17, 15) is 4.79 Å². The van der Waals surface area contributed by atoms with Crippen molar-refractivity contribution < 1.29 is 9.53 Å². The van der Waals surface area contributed by atoms with Crippen LogP contribution in [-0.2, 0) is 4.74 Å². The Bertz CT molecular complexity index is 396. The number of benzene rings is 1. The van der Waals surface area contributed by atoms with Crippen LogP contribution >= 0.6 is 0 Å². The Morgan fingerprint density at radius 3 is 2.47 bits per heavy atom. The van der Waals surface area contributed by atoms with E-state index in [1.807, 2.05) is 6.92 Å². The first-order valence-electron chi connectivity index (χ1n) is 4.59. The van der Waals surface area contributed by atoms with E-state index in [0.717, 1.165) is 5.56 Å². The summed E-state index contributed by atoms with van der Waals surface area (Å²) in [6.45, 7) is 1.82. The number of ether oxygens (including phenoxy) is 1. The molecule has 3 heteroatoms. The maximum absolute atomic E-state index is 11.1. The van der Waals surface area contributed by atoms with Gasteiger partial charge in [-0.3, -0.25) is 0 Å². The highest BCUT2D eigenvalue weighted by Crippen LogP contribution is 2.04. The number of hydrogen-bond donors (Lipinski definition) is 1. The minimum absolute atomic E-state index is 0.148. The molecule has 0 radical (unpaired) electrons. The third-order valence-electron chi connectivity index (χ3n) is 1.75. The topological polar surface area (TPSA) is 52.3 Å². The van der Waals surface area contributed by atoms with Gasteiger partial charge in [-0.2, -0.15) is 0 Å². The Morgan fingerprint density at radius 2 is 2.00 bits per heavy atom. The lowest BCUT2D eigenvalue weighted by atomic mass is 10.1. The molecule has 0 amide bonds. The molecule has 2 N–H and O–H groups in total. The fourth-order valence-electron chi connectivity index (χ4n) is 1.00. The van der Waals surface area contributed by atoms with Crippen molar-refractivity contribution in [3.05, 3.63) is 35.4 Å². The van der Waals surface area contributed by atoms with Crippen LogP contribution in [0.5, 0.6) is 0 Å². The van der Waals surface area contributed by atoms with Crippen LogP contribution in [0.15, 0.2) is 24.3 Å². The van der Waals surface area contributed by atoms with Crippen LogP contribution in [0.4, 0.5) is 0 Å². The van der Waals surface area contributed by atoms with Crippen LogP contribution in [0.3, 0.4) is 0 Å². The molecule has 1 atom stereocenters. The molecule has 0 aliphatic carbocycles. The minimum atomic E-state index is -0.346. The summed E-state index contributed by atoms with van der Waals surface area (Å²) in [5, 5.41) is 0. The molecule has 1 aromatic carbocycles. The van der Waals surface area contributed by atoms with Gasteiger partial charge < -0.3 is 10.5 Å². The van der Waals surface area contributed by atoms with Gasteiger partial charge in [-0.25, -0.2) is 4.79 Å². The van der Waals surface area contributed by atoms with Crippen molar-refractivity contribution in [3.8, 4) is 11.8 Å². The van der Waals surface area contributed by atoms with Gasteiger partial charge in [0, 0.05) is 5.56 Å². The number of hydrogen-bond acceptors (Lipinski definition) is 3. The standard InChI is InChI=1S/C12H13NO2/c1-9(13)3-4-10-5-7-11(8-6-10)12(14)15-2/h5-9H,13H2,1-2H3. The highest BCUT2D eigenvalue weighted by atomic mass is 16.5. The predicted octanol–water partition coefficient (Wildman–Crippen LogP) is 1.17. The molecule has 78 valence electrons. The monoisotopic (exact) mass is 203 g/mol. The van der Waals surface area contributed by atoms with E-state index in [1.165, 1.54) is 7.11 Å². The highest BCUT2D eigenvalue weighted by molar-refractivity contribution is 5.89. The van der Waals surface area contributed by atoms with E-state index in [-0.39, 0.29) is 12.0 Å². The molecule has 0 aromatic heterocycles. The van der Waals surface area contributed by atoms with E-state index in [2.05, 4.69) is 16.6 Å². The van der Waals surface area contributed by atoms with Gasteiger partial charge in [0.05, 0.1) is 18.7 Å². The lowest BCUT2D eigenvalue weighted by Gasteiger charge is -1.98. The first-order valence-corrected chi connectivity index (χ1v) is 4.59. The summed E-state index contributed by atoms with van der Waals surface area (Å²) in [7, 11) is 1.35. The Labute approximate surface area is 89.2 Å². The summed E-state index contributed by atoms with van der Waals surface area (Å²) in [6, 6.07) is 6.74. The fraction of sp³-hybridized carbons (Fsp3) is 0.250. The number of esters is 1. The van der Waals surface area contributed by atoms with Gasteiger partial charge in [0.2, 0.25) is 0 Å². The van der Waals surface area contributed by atoms with Gasteiger partial charge >= 0.3 is 5.97 Å². The lowest BCUT2D eigenvalue weighted by molar-refractivity contribution is 0.0601. The van der Waals surface area contributed by atoms with Crippen molar-refractivity contribution in [2.75, 3.05) is 7.11 Å². The minimum Gasteiger partial charge on any atom is -0.465 e. The molecule has 0 saturated carbocycles. The molecule has 0 aliphatic heterocycles. The second kappa shape index (κ2) is 5.18. The Kier molecular flexibility index (Phi) is 3.90. The average Bonchev–Trinajstić information content (AvgIpc) is 2.26. The molecular weight excluding hydrogens is 190 g/mol. The van der Waals surface area contributed by atoms with Crippen LogP contribution in [0.1, 0.15) is 22.8 Å². The zero-order chi connectivity index (χ0) is 11.3. The van der Waals surface area contributed by atoms with Crippen LogP contribution < -0.4 is 5.73 Å². The summed E-state index contributed by atoms with van der Waals surface area (Å²) in [6.07, 6.45) is 0. The van der Waals surface area contributed by atoms with Crippen LogP contribution in [0, 0.1) is 11.8 Å². The van der Waals surface area contributed by atoms with Gasteiger partial charge in [-0.05, 0) is 31.2 Å². The molecule has 1 unspecified atom stereocenters. The summed E-state index contributed by atoms with van der Waals surface area (Å²) < 4.78 is 4.58. The summed E-state index contributed by atoms with van der Waals surface area (Å²) in [4.78, 5) is 11.1. The molecule has 0 saturated heterocycles. The zero-order valence-corrected chi connectivity index (χ0v) is 8.78. The molecule has 0 fully saturated rings.